The van der Waals surface area contributed by atoms with Crippen LogP contribution >= 0.6 is 23.2 Å². The van der Waals surface area contributed by atoms with E-state index in [0.29, 0.717) is 13.0 Å². The zero-order valence-corrected chi connectivity index (χ0v) is 12.1. The number of H-pyrrole nitrogens is 1. The third-order valence-electron chi connectivity index (χ3n) is 2.70. The van der Waals surface area contributed by atoms with E-state index >= 15 is 0 Å². The van der Waals surface area contributed by atoms with E-state index in [2.05, 4.69) is 15.3 Å². The summed E-state index contributed by atoms with van der Waals surface area (Å²) in [4.78, 5) is 28.9. The van der Waals surface area contributed by atoms with Crippen molar-refractivity contribution in [2.75, 3.05) is 6.54 Å². The minimum Gasteiger partial charge on any atom is -0.352 e. The Morgan fingerprint density at radius 1 is 1.43 bits per heavy atom. The lowest BCUT2D eigenvalue weighted by Gasteiger charge is -2.06. The third kappa shape index (κ3) is 3.71. The topological polar surface area (TPSA) is 101 Å². The van der Waals surface area contributed by atoms with Gasteiger partial charge in [-0.3, -0.25) is 14.9 Å². The summed E-state index contributed by atoms with van der Waals surface area (Å²) in [6.45, 7) is 0.356. The molecule has 110 valence electrons. The highest BCUT2D eigenvalue weighted by Gasteiger charge is 2.19. The van der Waals surface area contributed by atoms with Crippen molar-refractivity contribution in [3.05, 3.63) is 56.1 Å². The number of amides is 1. The second-order valence-corrected chi connectivity index (χ2v) is 4.92. The smallest absolute Gasteiger partial charge is 0.290 e. The highest BCUT2D eigenvalue weighted by atomic mass is 35.5. The first-order chi connectivity index (χ1) is 9.99. The van der Waals surface area contributed by atoms with E-state index in [-0.39, 0.29) is 15.6 Å². The standard InChI is InChI=1S/C12H10Cl2N4O3/c13-9-3-7(4-10(11(9)14)18(20)21)12(19)16-2-1-8-5-15-6-17-8/h3-6H,1-2H2,(H,15,17)(H,16,19). The Hall–Kier alpha value is -2.12. The zero-order chi connectivity index (χ0) is 15.4. The van der Waals surface area contributed by atoms with E-state index in [1.54, 1.807) is 12.5 Å². The van der Waals surface area contributed by atoms with Crippen molar-refractivity contribution < 1.29 is 9.72 Å². The van der Waals surface area contributed by atoms with Gasteiger partial charge in [-0.1, -0.05) is 23.2 Å². The van der Waals surface area contributed by atoms with Crippen LogP contribution in [0, 0.1) is 10.1 Å². The Kier molecular flexibility index (Phi) is 4.77. The fraction of sp³-hybridized carbons (Fsp3) is 0.167. The number of benzene rings is 1. The maximum atomic E-state index is 12.0. The number of nitro groups is 1. The Balaban J connectivity index is 2.07. The molecule has 1 amide bonds. The van der Waals surface area contributed by atoms with Gasteiger partial charge >= 0.3 is 0 Å². The van der Waals surface area contributed by atoms with Crippen LogP contribution in [-0.2, 0) is 6.42 Å². The predicted molar refractivity (Wildman–Crippen MR) is 77.7 cm³/mol. The fourth-order valence-corrected chi connectivity index (χ4v) is 2.07. The molecular formula is C12H10Cl2N4O3. The van der Waals surface area contributed by atoms with Crippen molar-refractivity contribution in [3.8, 4) is 0 Å². The summed E-state index contributed by atoms with van der Waals surface area (Å²) < 4.78 is 0. The van der Waals surface area contributed by atoms with Gasteiger partial charge in [0.05, 0.1) is 16.3 Å². The van der Waals surface area contributed by atoms with Crippen LogP contribution in [0.15, 0.2) is 24.7 Å². The summed E-state index contributed by atoms with van der Waals surface area (Å²) in [5.41, 5.74) is 0.555. The zero-order valence-electron chi connectivity index (χ0n) is 10.6. The van der Waals surface area contributed by atoms with E-state index in [1.807, 2.05) is 0 Å². The second kappa shape index (κ2) is 6.55. The molecule has 0 radical (unpaired) electrons. The van der Waals surface area contributed by atoms with Gasteiger partial charge in [0, 0.05) is 36.5 Å². The molecule has 0 atom stereocenters. The summed E-state index contributed by atoms with van der Waals surface area (Å²) >= 11 is 11.5. The molecule has 0 aliphatic rings. The number of nitro benzene ring substituents is 1. The molecule has 0 bridgehead atoms. The number of nitrogens with zero attached hydrogens (tertiary/aromatic N) is 2. The molecule has 2 N–H and O–H groups in total. The van der Waals surface area contributed by atoms with E-state index < -0.39 is 16.5 Å². The predicted octanol–water partition coefficient (Wildman–Crippen LogP) is 2.60. The first kappa shape index (κ1) is 15.3. The molecule has 2 rings (SSSR count). The summed E-state index contributed by atoms with van der Waals surface area (Å²) in [6, 6.07) is 2.39. The maximum absolute atomic E-state index is 12.0. The molecule has 0 unspecified atom stereocenters. The van der Waals surface area contributed by atoms with Crippen molar-refractivity contribution in [1.29, 1.82) is 0 Å². The summed E-state index contributed by atoms with van der Waals surface area (Å²) in [5.74, 6) is -0.462. The SMILES string of the molecule is O=C(NCCc1cnc[nH]1)c1cc(Cl)c(Cl)c([N+](=O)[O-])c1. The molecule has 21 heavy (non-hydrogen) atoms. The molecule has 1 heterocycles. The molecule has 0 spiro atoms. The van der Waals surface area contributed by atoms with Gasteiger partial charge in [-0.05, 0) is 6.07 Å². The molecular weight excluding hydrogens is 319 g/mol. The first-order valence-electron chi connectivity index (χ1n) is 5.88. The molecule has 0 saturated heterocycles. The van der Waals surface area contributed by atoms with E-state index in [1.165, 1.54) is 6.07 Å². The highest BCUT2D eigenvalue weighted by molar-refractivity contribution is 6.43. The van der Waals surface area contributed by atoms with E-state index in [0.717, 1.165) is 11.8 Å². The van der Waals surface area contributed by atoms with Gasteiger partial charge in [0.2, 0.25) is 0 Å². The lowest BCUT2D eigenvalue weighted by molar-refractivity contribution is -0.384. The Labute approximate surface area is 129 Å². The monoisotopic (exact) mass is 328 g/mol. The Bertz CT molecular complexity index is 673. The summed E-state index contributed by atoms with van der Waals surface area (Å²) in [7, 11) is 0. The molecule has 0 aliphatic heterocycles. The Morgan fingerprint density at radius 2 is 2.19 bits per heavy atom. The van der Waals surface area contributed by atoms with Gasteiger partial charge in [-0.15, -0.1) is 0 Å². The number of rotatable bonds is 5. The lowest BCUT2D eigenvalue weighted by Crippen LogP contribution is -2.25. The number of aromatic nitrogens is 2. The van der Waals surface area contributed by atoms with E-state index in [4.69, 9.17) is 23.2 Å². The largest absolute Gasteiger partial charge is 0.352 e. The van der Waals surface area contributed by atoms with Gasteiger partial charge in [0.25, 0.3) is 11.6 Å². The first-order valence-corrected chi connectivity index (χ1v) is 6.63. The molecule has 1 aromatic heterocycles. The lowest BCUT2D eigenvalue weighted by atomic mass is 10.2. The van der Waals surface area contributed by atoms with Gasteiger partial charge in [0.15, 0.2) is 0 Å². The number of aromatic amines is 1. The van der Waals surface area contributed by atoms with Crippen LogP contribution in [0.4, 0.5) is 5.69 Å². The third-order valence-corrected chi connectivity index (χ3v) is 3.49. The molecule has 9 heteroatoms. The van der Waals surface area contributed by atoms with Crippen LogP contribution in [-0.4, -0.2) is 27.3 Å². The second-order valence-electron chi connectivity index (χ2n) is 4.13. The average Bonchev–Trinajstić information content (AvgIpc) is 2.94. The highest BCUT2D eigenvalue weighted by Crippen LogP contribution is 2.32. The number of imidazole rings is 1. The molecule has 7 nitrogen and oxygen atoms in total. The number of nitrogens with one attached hydrogen (secondary N) is 2. The van der Waals surface area contributed by atoms with E-state index in [9.17, 15) is 14.9 Å². The van der Waals surface area contributed by atoms with Crippen LogP contribution in [0.3, 0.4) is 0 Å². The van der Waals surface area contributed by atoms with Crippen molar-refractivity contribution in [1.82, 2.24) is 15.3 Å². The van der Waals surface area contributed by atoms with Crippen molar-refractivity contribution in [3.63, 3.8) is 0 Å². The van der Waals surface area contributed by atoms with Gasteiger partial charge in [0.1, 0.15) is 5.02 Å². The number of hydrogen-bond acceptors (Lipinski definition) is 4. The summed E-state index contributed by atoms with van der Waals surface area (Å²) in [6.07, 6.45) is 3.75. The van der Waals surface area contributed by atoms with Crippen LogP contribution in [0.1, 0.15) is 16.1 Å². The average molecular weight is 329 g/mol. The molecule has 1 aromatic carbocycles. The van der Waals surface area contributed by atoms with Crippen LogP contribution < -0.4 is 5.32 Å². The normalized spacial score (nSPS) is 10.4. The van der Waals surface area contributed by atoms with Gasteiger partial charge in [-0.25, -0.2) is 4.98 Å². The fourth-order valence-electron chi connectivity index (χ4n) is 1.67. The van der Waals surface area contributed by atoms with Crippen molar-refractivity contribution >= 4 is 34.8 Å². The van der Waals surface area contributed by atoms with Crippen LogP contribution in [0.25, 0.3) is 0 Å². The number of carbonyl (C=O) groups excluding carboxylic acids is 1. The van der Waals surface area contributed by atoms with Crippen LogP contribution in [0.5, 0.6) is 0 Å². The maximum Gasteiger partial charge on any atom is 0.290 e. The van der Waals surface area contributed by atoms with Gasteiger partial charge in [-0.2, -0.15) is 0 Å². The number of halogens is 2. The number of carbonyl (C=O) groups is 1. The summed E-state index contributed by atoms with van der Waals surface area (Å²) in [5, 5.41) is 13.3. The van der Waals surface area contributed by atoms with Gasteiger partial charge < -0.3 is 10.3 Å². The minimum absolute atomic E-state index is 0.0374. The van der Waals surface area contributed by atoms with Crippen LogP contribution in [0.2, 0.25) is 10.0 Å². The quantitative estimate of drug-likeness (QED) is 0.650. The molecule has 0 aliphatic carbocycles. The molecule has 0 saturated carbocycles. The van der Waals surface area contributed by atoms with Crippen molar-refractivity contribution in [2.45, 2.75) is 6.42 Å². The minimum atomic E-state index is -0.685. The van der Waals surface area contributed by atoms with Crippen molar-refractivity contribution in [2.24, 2.45) is 0 Å². The Morgan fingerprint density at radius 3 is 2.81 bits per heavy atom. The molecule has 2 aromatic rings. The molecule has 0 fully saturated rings. The number of hydrogen-bond donors (Lipinski definition) is 2.